The predicted octanol–water partition coefficient (Wildman–Crippen LogP) is 1.50. The molecule has 0 fully saturated rings. The van der Waals surface area contributed by atoms with Gasteiger partial charge in [0.2, 0.25) is 5.91 Å². The summed E-state index contributed by atoms with van der Waals surface area (Å²) in [5.41, 5.74) is 0.855. The fraction of sp³-hybridized carbons (Fsp3) is 0.786. The van der Waals surface area contributed by atoms with Crippen LogP contribution in [0.1, 0.15) is 52.8 Å². The molecule has 2 atom stereocenters. The van der Waals surface area contributed by atoms with Crippen LogP contribution in [0.25, 0.3) is 0 Å². The second-order valence-electron chi connectivity index (χ2n) is 5.71. The highest BCUT2D eigenvalue weighted by Gasteiger charge is 2.17. The Bertz CT molecular complexity index is 415. The topological polar surface area (TPSA) is 71.8 Å². The Morgan fingerprint density at radius 1 is 1.35 bits per heavy atom. The number of aromatic nitrogens is 3. The van der Waals surface area contributed by atoms with Crippen molar-refractivity contribution in [3.8, 4) is 0 Å². The van der Waals surface area contributed by atoms with Gasteiger partial charge in [-0.2, -0.15) is 0 Å². The molecular formula is C14H27N5O. The summed E-state index contributed by atoms with van der Waals surface area (Å²) >= 11 is 0. The van der Waals surface area contributed by atoms with Crippen molar-refractivity contribution in [1.82, 2.24) is 25.6 Å². The van der Waals surface area contributed by atoms with E-state index in [1.54, 1.807) is 4.68 Å². The Morgan fingerprint density at radius 2 is 2.05 bits per heavy atom. The number of nitrogens with one attached hydrogen (secondary N) is 2. The van der Waals surface area contributed by atoms with Gasteiger partial charge in [-0.15, -0.1) is 5.10 Å². The summed E-state index contributed by atoms with van der Waals surface area (Å²) in [5, 5.41) is 14.4. The largest absolute Gasteiger partial charge is 0.352 e. The van der Waals surface area contributed by atoms with E-state index in [0.29, 0.717) is 12.5 Å². The van der Waals surface area contributed by atoms with E-state index in [-0.39, 0.29) is 18.0 Å². The van der Waals surface area contributed by atoms with Gasteiger partial charge in [-0.3, -0.25) is 4.79 Å². The van der Waals surface area contributed by atoms with E-state index in [9.17, 15) is 4.79 Å². The number of hydrogen-bond acceptors (Lipinski definition) is 4. The second kappa shape index (κ2) is 7.99. The van der Waals surface area contributed by atoms with Crippen LogP contribution in [0.2, 0.25) is 0 Å². The molecule has 0 aliphatic rings. The van der Waals surface area contributed by atoms with Crippen LogP contribution in [0, 0.1) is 5.92 Å². The summed E-state index contributed by atoms with van der Waals surface area (Å²) in [4.78, 5) is 12.0. The third-order valence-electron chi connectivity index (χ3n) is 3.19. The number of nitrogens with zero attached hydrogens (tertiary/aromatic N) is 3. The maximum absolute atomic E-state index is 12.0. The van der Waals surface area contributed by atoms with Gasteiger partial charge in [0.05, 0.1) is 11.9 Å². The molecule has 6 heteroatoms. The number of hydrogen-bond donors (Lipinski definition) is 2. The second-order valence-corrected chi connectivity index (χ2v) is 5.71. The highest BCUT2D eigenvalue weighted by atomic mass is 16.2. The Morgan fingerprint density at radius 3 is 2.65 bits per heavy atom. The summed E-state index contributed by atoms with van der Waals surface area (Å²) in [6.07, 6.45) is 2.74. The lowest BCUT2D eigenvalue weighted by atomic mass is 10.2. The minimum atomic E-state index is -0.338. The smallest absolute Gasteiger partial charge is 0.244 e. The lowest BCUT2D eigenvalue weighted by Crippen LogP contribution is -2.37. The highest BCUT2D eigenvalue weighted by Crippen LogP contribution is 2.06. The van der Waals surface area contributed by atoms with Crippen molar-refractivity contribution >= 4 is 5.91 Å². The number of amides is 1. The molecule has 1 rings (SSSR count). The molecule has 0 aliphatic heterocycles. The molecule has 0 saturated heterocycles. The summed E-state index contributed by atoms with van der Waals surface area (Å²) in [6, 6.07) is -0.156. The van der Waals surface area contributed by atoms with Crippen molar-refractivity contribution in [3.05, 3.63) is 11.9 Å². The molecule has 1 amide bonds. The van der Waals surface area contributed by atoms with Crippen molar-refractivity contribution in [3.63, 3.8) is 0 Å². The molecule has 0 spiro atoms. The molecule has 20 heavy (non-hydrogen) atoms. The van der Waals surface area contributed by atoms with E-state index in [0.717, 1.165) is 18.7 Å². The van der Waals surface area contributed by atoms with Gasteiger partial charge >= 0.3 is 0 Å². The summed E-state index contributed by atoms with van der Waals surface area (Å²) in [6.45, 7) is 11.8. The van der Waals surface area contributed by atoms with Gasteiger partial charge in [0, 0.05) is 12.6 Å². The quantitative estimate of drug-likeness (QED) is 0.757. The van der Waals surface area contributed by atoms with Crippen LogP contribution in [0.4, 0.5) is 0 Å². The van der Waals surface area contributed by atoms with Crippen molar-refractivity contribution in [2.45, 2.75) is 59.7 Å². The molecule has 1 aromatic heterocycles. The Balaban J connectivity index is 2.51. The fourth-order valence-electron chi connectivity index (χ4n) is 1.66. The standard InChI is InChI=1S/C14H27N5O/c1-6-11(4)16-14(20)12(5)19-9-13(17-18-19)8-15-7-10(2)3/h9-12,15H,6-8H2,1-5H3,(H,16,20). The van der Waals surface area contributed by atoms with Gasteiger partial charge in [-0.25, -0.2) is 4.68 Å². The fourth-order valence-corrected chi connectivity index (χ4v) is 1.66. The van der Waals surface area contributed by atoms with Gasteiger partial charge < -0.3 is 10.6 Å². The van der Waals surface area contributed by atoms with E-state index in [4.69, 9.17) is 0 Å². The van der Waals surface area contributed by atoms with E-state index < -0.39 is 0 Å². The normalized spacial score (nSPS) is 14.3. The number of carbonyl (C=O) groups is 1. The van der Waals surface area contributed by atoms with Crippen LogP contribution in [0.5, 0.6) is 0 Å². The Hall–Kier alpha value is -1.43. The van der Waals surface area contributed by atoms with Gasteiger partial charge in [-0.05, 0) is 32.7 Å². The average Bonchev–Trinajstić information content (AvgIpc) is 2.85. The zero-order valence-electron chi connectivity index (χ0n) is 13.2. The predicted molar refractivity (Wildman–Crippen MR) is 79.2 cm³/mol. The number of rotatable bonds is 8. The molecule has 2 unspecified atom stereocenters. The lowest BCUT2D eigenvalue weighted by Gasteiger charge is -2.15. The van der Waals surface area contributed by atoms with Gasteiger partial charge in [-0.1, -0.05) is 26.0 Å². The van der Waals surface area contributed by atoms with Gasteiger partial charge in [0.15, 0.2) is 0 Å². The lowest BCUT2D eigenvalue weighted by molar-refractivity contribution is -0.124. The molecule has 0 aromatic carbocycles. The molecular weight excluding hydrogens is 254 g/mol. The minimum Gasteiger partial charge on any atom is -0.352 e. The van der Waals surface area contributed by atoms with Crippen molar-refractivity contribution < 1.29 is 4.79 Å². The average molecular weight is 281 g/mol. The zero-order valence-corrected chi connectivity index (χ0v) is 13.2. The third-order valence-corrected chi connectivity index (χ3v) is 3.19. The number of carbonyl (C=O) groups excluding carboxylic acids is 1. The first-order valence-corrected chi connectivity index (χ1v) is 7.35. The van der Waals surface area contributed by atoms with Crippen LogP contribution in [0.15, 0.2) is 6.20 Å². The van der Waals surface area contributed by atoms with Crippen molar-refractivity contribution in [1.29, 1.82) is 0 Å². The maximum atomic E-state index is 12.0. The van der Waals surface area contributed by atoms with Crippen LogP contribution in [0.3, 0.4) is 0 Å². The van der Waals surface area contributed by atoms with Gasteiger partial charge in [0.1, 0.15) is 6.04 Å². The Labute approximate surface area is 121 Å². The first-order valence-electron chi connectivity index (χ1n) is 7.35. The minimum absolute atomic E-state index is 0.0223. The molecule has 0 aliphatic carbocycles. The van der Waals surface area contributed by atoms with E-state index in [2.05, 4.69) is 34.8 Å². The summed E-state index contributed by atoms with van der Waals surface area (Å²) in [7, 11) is 0. The van der Waals surface area contributed by atoms with E-state index >= 15 is 0 Å². The highest BCUT2D eigenvalue weighted by molar-refractivity contribution is 5.79. The van der Waals surface area contributed by atoms with Crippen LogP contribution in [-0.4, -0.2) is 33.5 Å². The summed E-state index contributed by atoms with van der Waals surface area (Å²) in [5.74, 6) is 0.580. The molecule has 1 aromatic rings. The molecule has 2 N–H and O–H groups in total. The van der Waals surface area contributed by atoms with E-state index in [1.807, 2.05) is 27.0 Å². The monoisotopic (exact) mass is 281 g/mol. The Kier molecular flexibility index (Phi) is 6.64. The molecule has 6 nitrogen and oxygen atoms in total. The van der Waals surface area contributed by atoms with Crippen molar-refractivity contribution in [2.75, 3.05) is 6.54 Å². The third kappa shape index (κ3) is 5.28. The molecule has 1 heterocycles. The molecule has 0 saturated carbocycles. The SMILES string of the molecule is CCC(C)NC(=O)C(C)n1cc(CNCC(C)C)nn1. The molecule has 0 radical (unpaired) electrons. The molecule has 0 bridgehead atoms. The van der Waals surface area contributed by atoms with Crippen LogP contribution >= 0.6 is 0 Å². The van der Waals surface area contributed by atoms with Gasteiger partial charge in [0.25, 0.3) is 0 Å². The van der Waals surface area contributed by atoms with Crippen LogP contribution in [-0.2, 0) is 11.3 Å². The van der Waals surface area contributed by atoms with Crippen molar-refractivity contribution in [2.24, 2.45) is 5.92 Å². The van der Waals surface area contributed by atoms with Crippen LogP contribution < -0.4 is 10.6 Å². The summed E-state index contributed by atoms with van der Waals surface area (Å²) < 4.78 is 1.62. The first kappa shape index (κ1) is 16.6. The zero-order chi connectivity index (χ0) is 15.1. The maximum Gasteiger partial charge on any atom is 0.244 e. The molecule has 114 valence electrons. The first-order chi connectivity index (χ1) is 9.43. The van der Waals surface area contributed by atoms with E-state index in [1.165, 1.54) is 0 Å².